The Hall–Kier alpha value is -3.36. The number of nitrogens with one attached hydrogen (secondary N) is 1. The fourth-order valence-corrected chi connectivity index (χ4v) is 4.03. The molecule has 1 fully saturated rings. The van der Waals surface area contributed by atoms with E-state index in [-0.39, 0.29) is 0 Å². The van der Waals surface area contributed by atoms with Crippen LogP contribution in [0.2, 0.25) is 0 Å². The standard InChI is InChI=1S/C23H29N7O2/c1-2-3-4-5-6-18-17-13-19(21(24)32)26-22(17)29-23(27-18)28-20-8-7-15(14-25-20)30-11-9-16(31)10-12-30/h7-8,14H,2-6,9-13H2,1H3,(H2,24,32)(H,25,27,28,29). The maximum Gasteiger partial charge on any atom is 0.263 e. The first-order valence-corrected chi connectivity index (χ1v) is 11.3. The van der Waals surface area contributed by atoms with E-state index >= 15 is 0 Å². The fraction of sp³-hybridized carbons (Fsp3) is 0.478. The zero-order valence-corrected chi connectivity index (χ0v) is 18.4. The molecule has 4 heterocycles. The van der Waals surface area contributed by atoms with Crippen molar-refractivity contribution in [2.75, 3.05) is 23.3 Å². The number of hydrogen-bond acceptors (Lipinski definition) is 8. The number of piperidine rings is 1. The second-order valence-electron chi connectivity index (χ2n) is 8.26. The van der Waals surface area contributed by atoms with Crippen LogP contribution in [0.4, 0.5) is 23.3 Å². The fourth-order valence-electron chi connectivity index (χ4n) is 4.03. The van der Waals surface area contributed by atoms with Crippen molar-refractivity contribution in [2.45, 2.75) is 58.3 Å². The number of amides is 1. The van der Waals surface area contributed by atoms with E-state index in [2.05, 4.69) is 32.1 Å². The summed E-state index contributed by atoms with van der Waals surface area (Å²) in [5.41, 5.74) is 8.56. The zero-order chi connectivity index (χ0) is 22.5. The second-order valence-corrected chi connectivity index (χ2v) is 8.26. The molecule has 0 atom stereocenters. The number of nitrogens with zero attached hydrogens (tertiary/aromatic N) is 5. The molecule has 0 radical (unpaired) electrons. The molecule has 0 aliphatic carbocycles. The van der Waals surface area contributed by atoms with Crippen molar-refractivity contribution in [3.63, 3.8) is 0 Å². The maximum absolute atomic E-state index is 11.6. The number of Topliss-reactive ketones (excluding diaryl/α,β-unsaturated/α-hetero) is 1. The molecule has 9 heteroatoms. The molecular weight excluding hydrogens is 406 g/mol. The van der Waals surface area contributed by atoms with Gasteiger partial charge in [0.2, 0.25) is 5.95 Å². The van der Waals surface area contributed by atoms with Crippen LogP contribution in [0.15, 0.2) is 23.3 Å². The summed E-state index contributed by atoms with van der Waals surface area (Å²) in [6, 6.07) is 3.86. The van der Waals surface area contributed by atoms with Gasteiger partial charge in [0.05, 0.1) is 17.6 Å². The number of aliphatic imine (C=N–C) groups is 1. The molecule has 0 spiro atoms. The molecule has 0 saturated carbocycles. The predicted octanol–water partition coefficient (Wildman–Crippen LogP) is 3.02. The predicted molar refractivity (Wildman–Crippen MR) is 124 cm³/mol. The molecule has 168 valence electrons. The zero-order valence-electron chi connectivity index (χ0n) is 18.4. The minimum atomic E-state index is -0.522. The van der Waals surface area contributed by atoms with Crippen molar-refractivity contribution in [3.05, 3.63) is 29.6 Å². The summed E-state index contributed by atoms with van der Waals surface area (Å²) >= 11 is 0. The maximum atomic E-state index is 11.6. The number of pyridine rings is 1. The average Bonchev–Trinajstić information content (AvgIpc) is 3.23. The first kappa shape index (κ1) is 21.9. The number of carbonyl (C=O) groups excluding carboxylic acids is 2. The van der Waals surface area contributed by atoms with Gasteiger partial charge in [-0.15, -0.1) is 0 Å². The molecule has 0 unspecified atom stereocenters. The second kappa shape index (κ2) is 9.84. The summed E-state index contributed by atoms with van der Waals surface area (Å²) in [6.07, 6.45) is 8.65. The van der Waals surface area contributed by atoms with Crippen LogP contribution < -0.4 is 16.0 Å². The summed E-state index contributed by atoms with van der Waals surface area (Å²) in [7, 11) is 0. The van der Waals surface area contributed by atoms with Gasteiger partial charge in [-0.3, -0.25) is 9.59 Å². The van der Waals surface area contributed by atoms with E-state index in [0.717, 1.165) is 49.3 Å². The Morgan fingerprint density at radius 1 is 1.16 bits per heavy atom. The Morgan fingerprint density at radius 3 is 2.66 bits per heavy atom. The summed E-state index contributed by atoms with van der Waals surface area (Å²) in [4.78, 5) is 43.3. The van der Waals surface area contributed by atoms with Crippen molar-refractivity contribution in [1.82, 2.24) is 15.0 Å². The Morgan fingerprint density at radius 2 is 1.97 bits per heavy atom. The number of fused-ring (bicyclic) bond motifs is 1. The summed E-state index contributed by atoms with van der Waals surface area (Å²) < 4.78 is 0. The third-order valence-electron chi connectivity index (χ3n) is 5.88. The van der Waals surface area contributed by atoms with Crippen LogP contribution in [-0.4, -0.2) is 45.4 Å². The molecule has 1 saturated heterocycles. The highest BCUT2D eigenvalue weighted by Gasteiger charge is 2.25. The van der Waals surface area contributed by atoms with Crippen molar-refractivity contribution in [3.8, 4) is 0 Å². The monoisotopic (exact) mass is 435 g/mol. The SMILES string of the molecule is CCCCCCc1nc(Nc2ccc(N3CCC(=O)CC3)cn2)nc2c1CC(C(N)=O)=N2. The third-order valence-corrected chi connectivity index (χ3v) is 5.88. The summed E-state index contributed by atoms with van der Waals surface area (Å²) in [5.74, 6) is 1.33. The van der Waals surface area contributed by atoms with Crippen LogP contribution in [0.1, 0.15) is 56.7 Å². The molecule has 2 aliphatic rings. The number of nitrogens with two attached hydrogens (primary N) is 1. The molecule has 4 rings (SSSR count). The largest absolute Gasteiger partial charge is 0.369 e. The summed E-state index contributed by atoms with van der Waals surface area (Å²) in [5, 5.41) is 3.17. The Balaban J connectivity index is 1.50. The molecule has 1 amide bonds. The van der Waals surface area contributed by atoms with E-state index in [1.165, 1.54) is 12.8 Å². The number of unbranched alkanes of at least 4 members (excludes halogenated alkanes) is 3. The van der Waals surface area contributed by atoms with Crippen LogP contribution in [-0.2, 0) is 22.4 Å². The first-order valence-electron chi connectivity index (χ1n) is 11.3. The van der Waals surface area contributed by atoms with Crippen LogP contribution in [0.3, 0.4) is 0 Å². The van der Waals surface area contributed by atoms with Crippen molar-refractivity contribution in [2.24, 2.45) is 10.7 Å². The van der Waals surface area contributed by atoms with Gasteiger partial charge in [0.15, 0.2) is 5.82 Å². The number of hydrogen-bond donors (Lipinski definition) is 2. The van der Waals surface area contributed by atoms with Gasteiger partial charge in [0.25, 0.3) is 5.91 Å². The van der Waals surface area contributed by atoms with Gasteiger partial charge in [-0.25, -0.2) is 15.0 Å². The lowest BCUT2D eigenvalue weighted by atomic mass is 10.0. The van der Waals surface area contributed by atoms with E-state index < -0.39 is 5.91 Å². The molecule has 9 nitrogen and oxygen atoms in total. The minimum absolute atomic E-state index is 0.314. The number of aryl methyl sites for hydroxylation is 1. The molecule has 2 aromatic rings. The van der Waals surface area contributed by atoms with E-state index in [0.29, 0.717) is 48.3 Å². The number of primary amides is 1. The van der Waals surface area contributed by atoms with Crippen LogP contribution in [0, 0.1) is 0 Å². The molecule has 0 bridgehead atoms. The Bertz CT molecular complexity index is 1020. The highest BCUT2D eigenvalue weighted by atomic mass is 16.1. The van der Waals surface area contributed by atoms with E-state index in [1.54, 1.807) is 6.20 Å². The van der Waals surface area contributed by atoms with Gasteiger partial charge in [0, 0.05) is 37.9 Å². The molecular formula is C23H29N7O2. The molecule has 0 aromatic carbocycles. The highest BCUT2D eigenvalue weighted by Crippen LogP contribution is 2.30. The van der Waals surface area contributed by atoms with Crippen molar-refractivity contribution in [1.29, 1.82) is 0 Å². The molecule has 3 N–H and O–H groups in total. The van der Waals surface area contributed by atoms with Gasteiger partial charge in [0.1, 0.15) is 17.3 Å². The normalized spacial score (nSPS) is 15.5. The van der Waals surface area contributed by atoms with Crippen LogP contribution >= 0.6 is 0 Å². The van der Waals surface area contributed by atoms with E-state index in [1.807, 2.05) is 12.1 Å². The van der Waals surface area contributed by atoms with Gasteiger partial charge >= 0.3 is 0 Å². The van der Waals surface area contributed by atoms with Gasteiger partial charge in [-0.05, 0) is 25.0 Å². The number of aromatic nitrogens is 3. The lowest BCUT2D eigenvalue weighted by molar-refractivity contribution is -0.119. The first-order chi connectivity index (χ1) is 15.5. The number of carbonyl (C=O) groups is 2. The topological polar surface area (TPSA) is 126 Å². The molecule has 2 aliphatic heterocycles. The lowest BCUT2D eigenvalue weighted by Gasteiger charge is -2.27. The van der Waals surface area contributed by atoms with Gasteiger partial charge in [-0.1, -0.05) is 26.2 Å². The van der Waals surface area contributed by atoms with Crippen LogP contribution in [0.5, 0.6) is 0 Å². The quantitative estimate of drug-likeness (QED) is 0.580. The van der Waals surface area contributed by atoms with Gasteiger partial charge < -0.3 is 16.0 Å². The molecule has 32 heavy (non-hydrogen) atoms. The number of ketones is 1. The van der Waals surface area contributed by atoms with Gasteiger partial charge in [-0.2, -0.15) is 4.98 Å². The van der Waals surface area contributed by atoms with Crippen molar-refractivity contribution >= 4 is 40.7 Å². The Kier molecular flexibility index (Phi) is 6.72. The van der Waals surface area contributed by atoms with Crippen LogP contribution in [0.25, 0.3) is 0 Å². The number of anilines is 3. The van der Waals surface area contributed by atoms with E-state index in [4.69, 9.17) is 10.7 Å². The number of rotatable bonds is 9. The molecule has 2 aromatic heterocycles. The highest BCUT2D eigenvalue weighted by molar-refractivity contribution is 6.40. The van der Waals surface area contributed by atoms with Crippen molar-refractivity contribution < 1.29 is 9.59 Å². The average molecular weight is 436 g/mol. The third kappa shape index (κ3) is 5.09. The smallest absolute Gasteiger partial charge is 0.263 e. The van der Waals surface area contributed by atoms with E-state index in [9.17, 15) is 9.59 Å². The summed E-state index contributed by atoms with van der Waals surface area (Å²) in [6.45, 7) is 3.63. The Labute approximate surface area is 187 Å². The minimum Gasteiger partial charge on any atom is -0.369 e. The lowest BCUT2D eigenvalue weighted by Crippen LogP contribution is -2.33.